The fourth-order valence-electron chi connectivity index (χ4n) is 4.79. The average Bonchev–Trinajstić information content (AvgIpc) is 3.36. The Morgan fingerprint density at radius 1 is 1.05 bits per heavy atom. The van der Waals surface area contributed by atoms with E-state index >= 15 is 4.39 Å². The molecule has 1 aromatic carbocycles. The van der Waals surface area contributed by atoms with Crippen LogP contribution in [0.5, 0.6) is 0 Å². The van der Waals surface area contributed by atoms with E-state index in [1.54, 1.807) is 0 Å². The van der Waals surface area contributed by atoms with Crippen LogP contribution in [0.15, 0.2) is 60.8 Å². The molecule has 0 saturated heterocycles. The molecule has 1 N–H and O–H groups in total. The van der Waals surface area contributed by atoms with Gasteiger partial charge < -0.3 is 8.98 Å². The second-order valence-corrected chi connectivity index (χ2v) is 20.9. The van der Waals surface area contributed by atoms with Crippen molar-refractivity contribution in [2.45, 2.75) is 102 Å². The lowest BCUT2D eigenvalue weighted by atomic mass is 9.75. The smallest absolute Gasteiger partial charge is 0.192 e. The largest absolute Gasteiger partial charge is 0.598 e. The van der Waals surface area contributed by atoms with Crippen LogP contribution in [0.4, 0.5) is 4.39 Å². The van der Waals surface area contributed by atoms with Crippen molar-refractivity contribution in [3.63, 3.8) is 0 Å². The number of benzene rings is 1. The van der Waals surface area contributed by atoms with Crippen LogP contribution in [0, 0.1) is 0 Å². The zero-order valence-corrected chi connectivity index (χ0v) is 28.4. The van der Waals surface area contributed by atoms with Gasteiger partial charge in [-0.15, -0.1) is 4.72 Å². The van der Waals surface area contributed by atoms with E-state index in [1.165, 1.54) is 0 Å². The van der Waals surface area contributed by atoms with Crippen LogP contribution in [-0.4, -0.2) is 43.0 Å². The third kappa shape index (κ3) is 6.73. The van der Waals surface area contributed by atoms with E-state index in [2.05, 4.69) is 43.7 Å². The molecule has 0 spiro atoms. The lowest BCUT2D eigenvalue weighted by Crippen LogP contribution is -2.51. The van der Waals surface area contributed by atoms with Crippen LogP contribution in [0.1, 0.15) is 78.2 Å². The number of hydrogen-bond acceptors (Lipinski definition) is 6. The number of nitrogens with one attached hydrogen (secondary N) is 1. The van der Waals surface area contributed by atoms with Crippen molar-refractivity contribution < 1.29 is 13.4 Å². The summed E-state index contributed by atoms with van der Waals surface area (Å²) < 4.78 is 39.7. The Hall–Kier alpha value is -2.63. The van der Waals surface area contributed by atoms with E-state index in [9.17, 15) is 4.55 Å². The van der Waals surface area contributed by atoms with Gasteiger partial charge in [0.2, 0.25) is 0 Å². The Balaban J connectivity index is 1.45. The van der Waals surface area contributed by atoms with Crippen molar-refractivity contribution in [1.82, 2.24) is 24.5 Å². The fourth-order valence-corrected chi connectivity index (χ4v) is 6.63. The quantitative estimate of drug-likeness (QED) is 0.151. The summed E-state index contributed by atoms with van der Waals surface area (Å²) in [6, 6.07) is 16.9. The summed E-state index contributed by atoms with van der Waals surface area (Å²) in [6.07, 6.45) is 3.50. The van der Waals surface area contributed by atoms with Crippen LogP contribution < -0.4 is 4.72 Å². The number of rotatable bonds is 9. The minimum atomic E-state index is -1.92. The van der Waals surface area contributed by atoms with Gasteiger partial charge in [0, 0.05) is 22.3 Å². The number of halogens is 1. The number of pyridine rings is 2. The van der Waals surface area contributed by atoms with Crippen molar-refractivity contribution in [2.24, 2.45) is 0 Å². The molecule has 0 radical (unpaired) electrons. The summed E-state index contributed by atoms with van der Waals surface area (Å²) in [6.45, 7) is 17.3. The summed E-state index contributed by atoms with van der Waals surface area (Å²) in [4.78, 5) is 9.79. The van der Waals surface area contributed by atoms with E-state index in [4.69, 9.17) is 14.4 Å². The predicted octanol–water partition coefficient (Wildman–Crippen LogP) is 7.99. The molecule has 1 aliphatic carbocycles. The number of nitrogens with zero attached hydrogens (tertiary/aromatic N) is 4. The van der Waals surface area contributed by atoms with Gasteiger partial charge in [-0.3, -0.25) is 4.98 Å². The third-order valence-corrected chi connectivity index (χ3v) is 14.9. The van der Waals surface area contributed by atoms with Gasteiger partial charge in [0.15, 0.2) is 14.1 Å². The Morgan fingerprint density at radius 3 is 2.42 bits per heavy atom. The van der Waals surface area contributed by atoms with Crippen LogP contribution in [0.3, 0.4) is 0 Å². The summed E-state index contributed by atoms with van der Waals surface area (Å²) >= 11 is -1.44. The topological polar surface area (TPSA) is 87.9 Å². The molecule has 2 atom stereocenters. The second kappa shape index (κ2) is 11.7. The molecular weight excluding hydrogens is 578 g/mol. The van der Waals surface area contributed by atoms with Crippen molar-refractivity contribution >= 4 is 30.6 Å². The van der Waals surface area contributed by atoms with E-state index in [0.717, 1.165) is 28.6 Å². The summed E-state index contributed by atoms with van der Waals surface area (Å²) in [5.41, 5.74) is 2.43. The molecule has 5 rings (SSSR count). The van der Waals surface area contributed by atoms with Crippen molar-refractivity contribution in [3.05, 3.63) is 72.2 Å². The molecule has 1 fully saturated rings. The molecule has 4 aromatic rings. The molecular formula is C33H44FN5O2SSi. The molecule has 230 valence electrons. The molecule has 1 aliphatic rings. The third-order valence-electron chi connectivity index (χ3n) is 8.81. The first-order valence-corrected chi connectivity index (χ1v) is 19.1. The van der Waals surface area contributed by atoms with Gasteiger partial charge in [0.05, 0.1) is 35.4 Å². The highest BCUT2D eigenvalue weighted by molar-refractivity contribution is 7.90. The van der Waals surface area contributed by atoms with E-state index in [0.29, 0.717) is 36.7 Å². The van der Waals surface area contributed by atoms with Crippen molar-refractivity contribution in [1.29, 1.82) is 0 Å². The second-order valence-electron chi connectivity index (χ2n) is 14.1. The minimum absolute atomic E-state index is 0.118. The number of alkyl halides is 1. The first-order chi connectivity index (χ1) is 20.1. The molecule has 3 aromatic heterocycles. The first kappa shape index (κ1) is 31.8. The molecule has 1 saturated carbocycles. The Morgan fingerprint density at radius 2 is 1.77 bits per heavy atom. The van der Waals surface area contributed by atoms with Crippen LogP contribution in [0.25, 0.3) is 28.0 Å². The van der Waals surface area contributed by atoms with Gasteiger partial charge in [0.25, 0.3) is 0 Å². The normalized spacial score (nSPS) is 17.1. The predicted molar refractivity (Wildman–Crippen MR) is 176 cm³/mol. The van der Waals surface area contributed by atoms with Gasteiger partial charge in [-0.25, -0.2) is 14.1 Å². The number of fused-ring (bicyclic) bond motifs is 1. The Bertz CT molecular complexity index is 1590. The SMILES string of the molecule is CC(C)(C)[S+]([O-])N[C@H](c1cccc(-c2ccc3cnn(-c4cccc(CO[Si](C)(C)C(C)(C)C)n4)c3c2)n1)C1(F)CCC1. The maximum absolute atomic E-state index is 15.9. The fraction of sp³-hybridized carbons (Fsp3) is 0.485. The monoisotopic (exact) mass is 621 g/mol. The van der Waals surface area contributed by atoms with Gasteiger partial charge in [-0.2, -0.15) is 5.10 Å². The van der Waals surface area contributed by atoms with Gasteiger partial charge in [0.1, 0.15) is 16.5 Å². The van der Waals surface area contributed by atoms with E-state index in [-0.39, 0.29) is 5.04 Å². The lowest BCUT2D eigenvalue weighted by molar-refractivity contribution is 0.0262. The Kier molecular flexibility index (Phi) is 8.65. The number of aromatic nitrogens is 4. The van der Waals surface area contributed by atoms with Crippen LogP contribution in [0.2, 0.25) is 18.1 Å². The van der Waals surface area contributed by atoms with Gasteiger partial charge in [-0.1, -0.05) is 45.0 Å². The minimum Gasteiger partial charge on any atom is -0.598 e. The summed E-state index contributed by atoms with van der Waals surface area (Å²) in [5, 5.41) is 5.74. The highest BCUT2D eigenvalue weighted by Gasteiger charge is 2.49. The zero-order valence-electron chi connectivity index (χ0n) is 26.6. The molecule has 0 bridgehead atoms. The summed E-state index contributed by atoms with van der Waals surface area (Å²) in [5.74, 6) is 0.712. The molecule has 10 heteroatoms. The van der Waals surface area contributed by atoms with Gasteiger partial charge in [-0.05, 0) is 88.5 Å². The highest BCUT2D eigenvalue weighted by Crippen LogP contribution is 2.46. The standard InChI is InChI=1S/C33H44FN5O2SSi/c1-31(2,3)42(40)38-30(33(34)18-11-19-33)27-14-10-13-26(37-27)23-16-17-24-21-35-39(28(24)20-23)29-15-9-12-25(36-29)22-41-43(7,8)32(4,5)6/h9-10,12-17,20-21,30,38H,11,18-19,22H2,1-8H3/t30-,42?/m1/s1. The first-order valence-electron chi connectivity index (χ1n) is 15.0. The maximum Gasteiger partial charge on any atom is 0.192 e. The van der Waals surface area contributed by atoms with Crippen LogP contribution >= 0.6 is 0 Å². The lowest BCUT2D eigenvalue weighted by Gasteiger charge is -2.41. The zero-order chi connectivity index (χ0) is 31.2. The molecule has 0 amide bonds. The van der Waals surface area contributed by atoms with Gasteiger partial charge >= 0.3 is 0 Å². The van der Waals surface area contributed by atoms with E-state index in [1.807, 2.05) is 86.2 Å². The molecule has 1 unspecified atom stereocenters. The van der Waals surface area contributed by atoms with Crippen LogP contribution in [-0.2, 0) is 22.4 Å². The molecule has 3 heterocycles. The average molecular weight is 622 g/mol. The van der Waals surface area contributed by atoms with Crippen molar-refractivity contribution in [2.75, 3.05) is 0 Å². The van der Waals surface area contributed by atoms with E-state index < -0.39 is 36.1 Å². The highest BCUT2D eigenvalue weighted by atomic mass is 32.2. The summed E-state index contributed by atoms with van der Waals surface area (Å²) in [7, 11) is -1.92. The van der Waals surface area contributed by atoms with Crippen molar-refractivity contribution in [3.8, 4) is 17.1 Å². The number of hydrogen-bond donors (Lipinski definition) is 1. The molecule has 7 nitrogen and oxygen atoms in total. The maximum atomic E-state index is 15.9. The Labute approximate surface area is 259 Å². The molecule has 0 aliphatic heterocycles. The molecule has 43 heavy (non-hydrogen) atoms.